The minimum absolute atomic E-state index is 0.413. The maximum Gasteiger partial charge on any atom is 0.162 e. The van der Waals surface area contributed by atoms with Crippen LogP contribution in [0.3, 0.4) is 0 Å². The highest BCUT2D eigenvalue weighted by molar-refractivity contribution is 6.31. The number of anilines is 1. The van der Waals surface area contributed by atoms with Gasteiger partial charge in [0.15, 0.2) is 5.82 Å². The molecule has 0 radical (unpaired) electrons. The van der Waals surface area contributed by atoms with Gasteiger partial charge in [-0.15, -0.1) is 0 Å². The summed E-state index contributed by atoms with van der Waals surface area (Å²) in [6, 6.07) is 7.45. The zero-order valence-electron chi connectivity index (χ0n) is 11.7. The summed E-state index contributed by atoms with van der Waals surface area (Å²) >= 11 is 6.16. The number of hydrogen-bond donors (Lipinski definition) is 1. The summed E-state index contributed by atoms with van der Waals surface area (Å²) in [5, 5.41) is 4.83. The van der Waals surface area contributed by atoms with Crippen molar-refractivity contribution in [3.05, 3.63) is 47.2 Å². The van der Waals surface area contributed by atoms with Gasteiger partial charge in [0.25, 0.3) is 0 Å². The van der Waals surface area contributed by atoms with Gasteiger partial charge in [0, 0.05) is 35.5 Å². The number of aromatic nitrogens is 4. The zero-order valence-corrected chi connectivity index (χ0v) is 12.5. The SMILES string of the molecule is Cc1ccc(-c2nc(N)cc(-c3cnn(C)c3)n2)cc1Cl. The molecular formula is C15H14ClN5. The highest BCUT2D eigenvalue weighted by Gasteiger charge is 2.09. The van der Waals surface area contributed by atoms with Gasteiger partial charge in [-0.2, -0.15) is 5.10 Å². The number of hydrogen-bond acceptors (Lipinski definition) is 4. The molecule has 0 saturated carbocycles. The van der Waals surface area contributed by atoms with Crippen LogP contribution in [0.1, 0.15) is 5.56 Å². The predicted octanol–water partition coefficient (Wildman–Crippen LogP) is 3.09. The largest absolute Gasteiger partial charge is 0.384 e. The molecule has 0 unspecified atom stereocenters. The monoisotopic (exact) mass is 299 g/mol. The standard InChI is InChI=1S/C15H14ClN5/c1-9-3-4-10(5-12(9)16)15-19-13(6-14(17)20-15)11-7-18-21(2)8-11/h3-8H,1-2H3,(H2,17,19,20). The summed E-state index contributed by atoms with van der Waals surface area (Å²) in [7, 11) is 1.86. The van der Waals surface area contributed by atoms with Crippen LogP contribution in [0, 0.1) is 6.92 Å². The summed E-state index contributed by atoms with van der Waals surface area (Å²) in [4.78, 5) is 8.84. The van der Waals surface area contributed by atoms with E-state index in [4.69, 9.17) is 17.3 Å². The van der Waals surface area contributed by atoms with Crippen LogP contribution < -0.4 is 5.73 Å². The third kappa shape index (κ3) is 2.73. The van der Waals surface area contributed by atoms with Crippen molar-refractivity contribution in [3.8, 4) is 22.6 Å². The van der Waals surface area contributed by atoms with Gasteiger partial charge in [-0.3, -0.25) is 4.68 Å². The fraction of sp³-hybridized carbons (Fsp3) is 0.133. The first-order chi connectivity index (χ1) is 10.0. The van der Waals surface area contributed by atoms with Crippen molar-refractivity contribution < 1.29 is 0 Å². The summed E-state index contributed by atoms with van der Waals surface area (Å²) in [6.07, 6.45) is 3.63. The number of aryl methyl sites for hydroxylation is 2. The van der Waals surface area contributed by atoms with Gasteiger partial charge in [0.05, 0.1) is 11.9 Å². The second-order valence-electron chi connectivity index (χ2n) is 4.87. The van der Waals surface area contributed by atoms with E-state index in [1.54, 1.807) is 16.9 Å². The van der Waals surface area contributed by atoms with Gasteiger partial charge >= 0.3 is 0 Å². The Morgan fingerprint density at radius 1 is 1.14 bits per heavy atom. The van der Waals surface area contributed by atoms with E-state index in [-0.39, 0.29) is 0 Å². The van der Waals surface area contributed by atoms with Crippen LogP contribution in [-0.2, 0) is 7.05 Å². The molecule has 21 heavy (non-hydrogen) atoms. The van der Waals surface area contributed by atoms with Gasteiger partial charge < -0.3 is 5.73 Å². The van der Waals surface area contributed by atoms with Crippen molar-refractivity contribution in [1.29, 1.82) is 0 Å². The Kier molecular flexibility index (Phi) is 3.35. The molecular weight excluding hydrogens is 286 g/mol. The van der Waals surface area contributed by atoms with Crippen LogP contribution in [0.25, 0.3) is 22.6 Å². The molecule has 0 aliphatic heterocycles. The average Bonchev–Trinajstić information content (AvgIpc) is 2.88. The van der Waals surface area contributed by atoms with E-state index < -0.39 is 0 Å². The summed E-state index contributed by atoms with van der Waals surface area (Å²) < 4.78 is 1.72. The molecule has 3 aromatic rings. The third-order valence-corrected chi connectivity index (χ3v) is 3.58. The quantitative estimate of drug-likeness (QED) is 0.789. The van der Waals surface area contributed by atoms with Crippen molar-refractivity contribution in [2.45, 2.75) is 6.92 Å². The number of nitrogens with two attached hydrogens (primary N) is 1. The first-order valence-corrected chi connectivity index (χ1v) is 6.81. The Morgan fingerprint density at radius 3 is 2.62 bits per heavy atom. The molecule has 0 fully saturated rings. The van der Waals surface area contributed by atoms with E-state index in [0.717, 1.165) is 22.4 Å². The van der Waals surface area contributed by atoms with Crippen molar-refractivity contribution in [2.24, 2.45) is 7.05 Å². The second kappa shape index (κ2) is 5.18. The molecule has 0 bridgehead atoms. The Balaban J connectivity index is 2.11. The number of benzene rings is 1. The molecule has 2 N–H and O–H groups in total. The number of nitrogen functional groups attached to an aromatic ring is 1. The molecule has 0 amide bonds. The Morgan fingerprint density at radius 2 is 1.95 bits per heavy atom. The maximum absolute atomic E-state index is 6.16. The highest BCUT2D eigenvalue weighted by atomic mass is 35.5. The molecule has 5 nitrogen and oxygen atoms in total. The van der Waals surface area contributed by atoms with Gasteiger partial charge in [0.2, 0.25) is 0 Å². The summed E-state index contributed by atoms with van der Waals surface area (Å²) in [5.41, 5.74) is 9.38. The van der Waals surface area contributed by atoms with Gasteiger partial charge in [0.1, 0.15) is 5.82 Å². The number of rotatable bonds is 2. The van der Waals surface area contributed by atoms with Crippen LogP contribution in [-0.4, -0.2) is 19.7 Å². The molecule has 0 saturated heterocycles. The van der Waals surface area contributed by atoms with E-state index in [0.29, 0.717) is 16.7 Å². The molecule has 0 atom stereocenters. The number of nitrogens with zero attached hydrogens (tertiary/aromatic N) is 4. The molecule has 0 spiro atoms. The maximum atomic E-state index is 6.16. The van der Waals surface area contributed by atoms with E-state index in [2.05, 4.69) is 15.1 Å². The predicted molar refractivity (Wildman–Crippen MR) is 83.8 cm³/mol. The van der Waals surface area contributed by atoms with Gasteiger partial charge in [-0.25, -0.2) is 9.97 Å². The molecule has 106 valence electrons. The molecule has 0 aliphatic rings. The lowest BCUT2D eigenvalue weighted by molar-refractivity contribution is 0.768. The van der Waals surface area contributed by atoms with E-state index in [9.17, 15) is 0 Å². The molecule has 3 rings (SSSR count). The first-order valence-electron chi connectivity index (χ1n) is 6.43. The fourth-order valence-electron chi connectivity index (χ4n) is 2.03. The lowest BCUT2D eigenvalue weighted by Gasteiger charge is -2.06. The minimum Gasteiger partial charge on any atom is -0.384 e. The topological polar surface area (TPSA) is 69.6 Å². The Hall–Kier alpha value is -2.40. The van der Waals surface area contributed by atoms with Crippen molar-refractivity contribution in [2.75, 3.05) is 5.73 Å². The van der Waals surface area contributed by atoms with Gasteiger partial charge in [-0.1, -0.05) is 23.7 Å². The van der Waals surface area contributed by atoms with E-state index >= 15 is 0 Å². The lowest BCUT2D eigenvalue weighted by atomic mass is 10.1. The third-order valence-electron chi connectivity index (χ3n) is 3.18. The smallest absolute Gasteiger partial charge is 0.162 e. The molecule has 2 aromatic heterocycles. The minimum atomic E-state index is 0.413. The Bertz CT molecular complexity index is 810. The van der Waals surface area contributed by atoms with Crippen LogP contribution in [0.5, 0.6) is 0 Å². The molecule has 6 heteroatoms. The first kappa shape index (κ1) is 13.6. The van der Waals surface area contributed by atoms with Crippen LogP contribution in [0.4, 0.5) is 5.82 Å². The Labute approximate surface area is 127 Å². The second-order valence-corrected chi connectivity index (χ2v) is 5.28. The normalized spacial score (nSPS) is 10.8. The van der Waals surface area contributed by atoms with E-state index in [1.165, 1.54) is 0 Å². The number of halogens is 1. The van der Waals surface area contributed by atoms with Crippen LogP contribution in [0.15, 0.2) is 36.7 Å². The molecule has 0 aliphatic carbocycles. The van der Waals surface area contributed by atoms with Crippen molar-refractivity contribution in [3.63, 3.8) is 0 Å². The highest BCUT2D eigenvalue weighted by Crippen LogP contribution is 2.26. The van der Waals surface area contributed by atoms with E-state index in [1.807, 2.05) is 38.4 Å². The van der Waals surface area contributed by atoms with Crippen LogP contribution >= 0.6 is 11.6 Å². The fourth-order valence-corrected chi connectivity index (χ4v) is 2.21. The molecule has 2 heterocycles. The van der Waals surface area contributed by atoms with Crippen molar-refractivity contribution in [1.82, 2.24) is 19.7 Å². The van der Waals surface area contributed by atoms with Gasteiger partial charge in [-0.05, 0) is 18.6 Å². The lowest BCUT2D eigenvalue weighted by Crippen LogP contribution is -1.98. The zero-order chi connectivity index (χ0) is 15.0. The summed E-state index contributed by atoms with van der Waals surface area (Å²) in [6.45, 7) is 1.95. The van der Waals surface area contributed by atoms with Crippen LogP contribution in [0.2, 0.25) is 5.02 Å². The summed E-state index contributed by atoms with van der Waals surface area (Å²) in [5.74, 6) is 0.964. The molecule has 1 aromatic carbocycles. The average molecular weight is 300 g/mol. The van der Waals surface area contributed by atoms with Crippen molar-refractivity contribution >= 4 is 17.4 Å².